The number of piperidine rings is 1. The number of hydrogen-bond acceptors (Lipinski definition) is 2. The van der Waals surface area contributed by atoms with Crippen LogP contribution in [0.2, 0.25) is 0 Å². The lowest BCUT2D eigenvalue weighted by Gasteiger charge is -2.33. The fourth-order valence-electron chi connectivity index (χ4n) is 2.61. The maximum absolute atomic E-state index is 13.6. The number of halogens is 1. The number of carboxylic acid groups (broad SMARTS) is 1. The largest absolute Gasteiger partial charge is 0.478 e. The van der Waals surface area contributed by atoms with E-state index in [1.165, 1.54) is 31.4 Å². The molecule has 20 heavy (non-hydrogen) atoms. The van der Waals surface area contributed by atoms with Crippen molar-refractivity contribution in [3.05, 3.63) is 41.2 Å². The van der Waals surface area contributed by atoms with Crippen molar-refractivity contribution in [1.82, 2.24) is 4.90 Å². The zero-order chi connectivity index (χ0) is 14.5. The molecule has 1 heterocycles. The van der Waals surface area contributed by atoms with E-state index in [0.29, 0.717) is 11.6 Å². The molecule has 1 fully saturated rings. The first-order valence-electron chi connectivity index (χ1n) is 7.00. The third kappa shape index (κ3) is 3.90. The lowest BCUT2D eigenvalue weighted by atomic mass is 10.0. The first-order valence-corrected chi connectivity index (χ1v) is 7.00. The minimum absolute atomic E-state index is 0.328. The molecule has 1 unspecified atom stereocenters. The Labute approximate surface area is 118 Å². The maximum atomic E-state index is 13.6. The molecular weight excluding hydrogens is 257 g/mol. The Morgan fingerprint density at radius 3 is 3.00 bits per heavy atom. The number of nitrogens with zero attached hydrogens (tertiary/aromatic N) is 1. The number of carbonyl (C=O) groups is 1. The number of benzene rings is 1. The number of carboxylic acids is 1. The van der Waals surface area contributed by atoms with Gasteiger partial charge < -0.3 is 5.11 Å². The summed E-state index contributed by atoms with van der Waals surface area (Å²) in [4.78, 5) is 12.9. The van der Waals surface area contributed by atoms with Crippen molar-refractivity contribution in [2.24, 2.45) is 0 Å². The van der Waals surface area contributed by atoms with E-state index in [2.05, 4.69) is 11.8 Å². The van der Waals surface area contributed by atoms with Crippen molar-refractivity contribution in [3.8, 4) is 0 Å². The lowest BCUT2D eigenvalue weighted by Crippen LogP contribution is -2.36. The molecule has 0 aromatic heterocycles. The fourth-order valence-corrected chi connectivity index (χ4v) is 2.61. The van der Waals surface area contributed by atoms with Crippen molar-refractivity contribution >= 4 is 12.0 Å². The van der Waals surface area contributed by atoms with Gasteiger partial charge >= 0.3 is 5.97 Å². The molecule has 0 amide bonds. The van der Waals surface area contributed by atoms with Crippen LogP contribution in [0, 0.1) is 5.82 Å². The van der Waals surface area contributed by atoms with Gasteiger partial charge in [-0.25, -0.2) is 9.18 Å². The zero-order valence-corrected chi connectivity index (χ0v) is 11.7. The van der Waals surface area contributed by atoms with Gasteiger partial charge in [0.15, 0.2) is 0 Å². The van der Waals surface area contributed by atoms with E-state index in [0.717, 1.165) is 24.7 Å². The van der Waals surface area contributed by atoms with Crippen LogP contribution in [0.15, 0.2) is 24.3 Å². The number of likely N-dealkylation sites (tertiary alicyclic amines) is 1. The second-order valence-corrected chi connectivity index (χ2v) is 5.34. The average Bonchev–Trinajstić information content (AvgIpc) is 2.42. The Balaban J connectivity index is 2.12. The van der Waals surface area contributed by atoms with Gasteiger partial charge in [0, 0.05) is 24.2 Å². The summed E-state index contributed by atoms with van der Waals surface area (Å²) in [7, 11) is 0. The van der Waals surface area contributed by atoms with E-state index in [9.17, 15) is 9.18 Å². The highest BCUT2D eigenvalue weighted by molar-refractivity contribution is 5.85. The smallest absolute Gasteiger partial charge is 0.328 e. The molecule has 1 N–H and O–H groups in total. The Hall–Kier alpha value is -1.68. The monoisotopic (exact) mass is 277 g/mol. The molecule has 1 saturated heterocycles. The molecule has 4 heteroatoms. The molecule has 0 bridgehead atoms. The number of aliphatic carboxylic acids is 1. The summed E-state index contributed by atoms with van der Waals surface area (Å²) >= 11 is 0. The molecule has 1 aliphatic rings. The average molecular weight is 277 g/mol. The molecule has 1 aromatic rings. The van der Waals surface area contributed by atoms with E-state index in [-0.39, 0.29) is 0 Å². The number of hydrogen-bond donors (Lipinski definition) is 1. The molecule has 1 aliphatic heterocycles. The molecule has 2 rings (SSSR count). The molecule has 1 aromatic carbocycles. The Bertz CT molecular complexity index is 513. The molecule has 3 nitrogen and oxygen atoms in total. The molecule has 0 spiro atoms. The molecule has 0 radical (unpaired) electrons. The molecular formula is C16H20FNO2. The summed E-state index contributed by atoms with van der Waals surface area (Å²) in [5, 5.41) is 8.61. The third-order valence-electron chi connectivity index (χ3n) is 3.79. The van der Waals surface area contributed by atoms with Crippen LogP contribution in [0.1, 0.15) is 37.3 Å². The van der Waals surface area contributed by atoms with Gasteiger partial charge in [-0.1, -0.05) is 12.5 Å². The van der Waals surface area contributed by atoms with Crippen molar-refractivity contribution in [1.29, 1.82) is 0 Å². The van der Waals surface area contributed by atoms with Crippen LogP contribution in [0.3, 0.4) is 0 Å². The predicted octanol–water partition coefficient (Wildman–Crippen LogP) is 3.30. The van der Waals surface area contributed by atoms with E-state index in [1.54, 1.807) is 12.1 Å². The molecule has 0 saturated carbocycles. The quantitative estimate of drug-likeness (QED) is 0.858. The molecule has 108 valence electrons. The van der Waals surface area contributed by atoms with Gasteiger partial charge in [-0.15, -0.1) is 0 Å². The van der Waals surface area contributed by atoms with Crippen LogP contribution in [-0.2, 0) is 11.3 Å². The summed E-state index contributed by atoms with van der Waals surface area (Å²) in [6.07, 6.45) is 5.95. The van der Waals surface area contributed by atoms with Gasteiger partial charge in [-0.05, 0) is 50.1 Å². The fraction of sp³-hybridized carbons (Fsp3) is 0.438. The summed E-state index contributed by atoms with van der Waals surface area (Å²) in [6.45, 7) is 4.07. The van der Waals surface area contributed by atoms with E-state index < -0.39 is 11.8 Å². The Morgan fingerprint density at radius 2 is 2.30 bits per heavy atom. The van der Waals surface area contributed by atoms with Crippen LogP contribution in [0.4, 0.5) is 4.39 Å². The third-order valence-corrected chi connectivity index (χ3v) is 3.79. The van der Waals surface area contributed by atoms with E-state index >= 15 is 0 Å². The highest BCUT2D eigenvalue weighted by atomic mass is 19.1. The van der Waals surface area contributed by atoms with Gasteiger partial charge in [0.2, 0.25) is 0 Å². The van der Waals surface area contributed by atoms with E-state index in [1.807, 2.05) is 0 Å². The van der Waals surface area contributed by atoms with Crippen LogP contribution in [-0.4, -0.2) is 28.6 Å². The first-order chi connectivity index (χ1) is 9.56. The Morgan fingerprint density at radius 1 is 1.50 bits per heavy atom. The van der Waals surface area contributed by atoms with Crippen LogP contribution >= 0.6 is 0 Å². The Kier molecular flexibility index (Phi) is 4.90. The normalized spacial score (nSPS) is 20.4. The van der Waals surface area contributed by atoms with Crippen LogP contribution in [0.25, 0.3) is 6.08 Å². The van der Waals surface area contributed by atoms with E-state index in [4.69, 9.17) is 5.11 Å². The first kappa shape index (κ1) is 14.7. The van der Waals surface area contributed by atoms with Crippen molar-refractivity contribution in [2.45, 2.75) is 38.8 Å². The highest BCUT2D eigenvalue weighted by Gasteiger charge is 2.18. The van der Waals surface area contributed by atoms with Crippen LogP contribution in [0.5, 0.6) is 0 Å². The van der Waals surface area contributed by atoms with Gasteiger partial charge in [0.25, 0.3) is 0 Å². The maximum Gasteiger partial charge on any atom is 0.328 e. The van der Waals surface area contributed by atoms with Crippen LogP contribution < -0.4 is 0 Å². The second-order valence-electron chi connectivity index (χ2n) is 5.34. The summed E-state index contributed by atoms with van der Waals surface area (Å²) < 4.78 is 13.6. The predicted molar refractivity (Wildman–Crippen MR) is 76.8 cm³/mol. The zero-order valence-electron chi connectivity index (χ0n) is 11.7. The highest BCUT2D eigenvalue weighted by Crippen LogP contribution is 2.20. The molecule has 1 atom stereocenters. The summed E-state index contributed by atoms with van der Waals surface area (Å²) in [6, 6.07) is 5.46. The minimum atomic E-state index is -1.07. The lowest BCUT2D eigenvalue weighted by molar-refractivity contribution is -0.131. The molecule has 0 aliphatic carbocycles. The van der Waals surface area contributed by atoms with Crippen molar-refractivity contribution < 1.29 is 14.3 Å². The summed E-state index contributed by atoms with van der Waals surface area (Å²) in [5.74, 6) is -1.46. The van der Waals surface area contributed by atoms with Crippen molar-refractivity contribution in [2.75, 3.05) is 6.54 Å². The topological polar surface area (TPSA) is 40.5 Å². The standard InChI is InChI=1S/C16H20FNO2/c1-12-4-2-3-9-18(12)11-13-5-7-15(17)14(10-13)6-8-16(19)20/h5-8,10,12H,2-4,9,11H2,1H3,(H,19,20). The summed E-state index contributed by atoms with van der Waals surface area (Å²) in [5.41, 5.74) is 1.35. The minimum Gasteiger partial charge on any atom is -0.478 e. The number of rotatable bonds is 4. The van der Waals surface area contributed by atoms with Crippen molar-refractivity contribution in [3.63, 3.8) is 0 Å². The second kappa shape index (κ2) is 6.66. The van der Waals surface area contributed by atoms with Gasteiger partial charge in [0.1, 0.15) is 5.82 Å². The van der Waals surface area contributed by atoms with Gasteiger partial charge in [-0.2, -0.15) is 0 Å². The van der Waals surface area contributed by atoms with Gasteiger partial charge in [-0.3, -0.25) is 4.90 Å². The SMILES string of the molecule is CC1CCCCN1Cc1ccc(F)c(C=CC(=O)O)c1. The van der Waals surface area contributed by atoms with Gasteiger partial charge in [0.05, 0.1) is 0 Å².